The molecule has 0 aromatic carbocycles. The Labute approximate surface area is 79.0 Å². The third-order valence-corrected chi connectivity index (χ3v) is 2.30. The van der Waals surface area contributed by atoms with Crippen LogP contribution in [0.2, 0.25) is 0 Å². The number of nitrogens with zero attached hydrogens (tertiary/aromatic N) is 1. The number of esters is 1. The van der Waals surface area contributed by atoms with E-state index in [-0.39, 0.29) is 22.1 Å². The number of aromatic hydroxyl groups is 1. The van der Waals surface area contributed by atoms with Crippen LogP contribution in [0.1, 0.15) is 21.5 Å². The van der Waals surface area contributed by atoms with Gasteiger partial charge in [-0.2, -0.15) is 5.26 Å². The van der Waals surface area contributed by atoms with Gasteiger partial charge in [0.2, 0.25) is 0 Å². The molecule has 0 saturated carbocycles. The number of nitriles is 1. The van der Waals surface area contributed by atoms with Gasteiger partial charge in [0.05, 0.1) is 6.61 Å². The molecule has 0 radical (unpaired) electrons. The lowest BCUT2D eigenvalue weighted by molar-refractivity contribution is 0.0532. The van der Waals surface area contributed by atoms with Crippen molar-refractivity contribution in [2.75, 3.05) is 6.61 Å². The molecule has 1 heterocycles. The Morgan fingerprint density at radius 1 is 1.85 bits per heavy atom. The minimum atomic E-state index is -0.510. The molecule has 1 N–H and O–H groups in total. The van der Waals surface area contributed by atoms with Gasteiger partial charge in [0.25, 0.3) is 0 Å². The molecule has 0 spiro atoms. The van der Waals surface area contributed by atoms with Gasteiger partial charge in [-0.3, -0.25) is 0 Å². The van der Waals surface area contributed by atoms with Crippen molar-refractivity contribution in [2.45, 2.75) is 6.92 Å². The summed E-state index contributed by atoms with van der Waals surface area (Å²) in [6.45, 7) is 1.97. The van der Waals surface area contributed by atoms with Gasteiger partial charge in [-0.25, -0.2) is 4.79 Å². The van der Waals surface area contributed by atoms with E-state index in [2.05, 4.69) is 0 Å². The summed E-state index contributed by atoms with van der Waals surface area (Å²) in [5.41, 5.74) is 0. The highest BCUT2D eigenvalue weighted by molar-refractivity contribution is 7.14. The predicted molar refractivity (Wildman–Crippen MR) is 46.7 cm³/mol. The summed E-state index contributed by atoms with van der Waals surface area (Å²) >= 11 is 0.922. The second-order valence-corrected chi connectivity index (χ2v) is 3.21. The molecule has 1 rings (SSSR count). The lowest BCUT2D eigenvalue weighted by Crippen LogP contribution is -2.01. The van der Waals surface area contributed by atoms with Gasteiger partial charge in [-0.05, 0) is 6.92 Å². The summed E-state index contributed by atoms with van der Waals surface area (Å²) in [4.78, 5) is 11.5. The molecular formula is C8H7NO3S. The zero-order chi connectivity index (χ0) is 9.84. The Kier molecular flexibility index (Phi) is 2.88. The number of carbonyl (C=O) groups excluding carboxylic acids is 1. The summed E-state index contributed by atoms with van der Waals surface area (Å²) in [5.74, 6) is -0.681. The summed E-state index contributed by atoms with van der Waals surface area (Å²) < 4.78 is 4.69. The Hall–Kier alpha value is -1.54. The van der Waals surface area contributed by atoms with Gasteiger partial charge < -0.3 is 9.84 Å². The van der Waals surface area contributed by atoms with Crippen LogP contribution in [0.3, 0.4) is 0 Å². The van der Waals surface area contributed by atoms with Gasteiger partial charge in [-0.1, -0.05) is 0 Å². The van der Waals surface area contributed by atoms with E-state index in [9.17, 15) is 4.79 Å². The maximum absolute atomic E-state index is 11.1. The van der Waals surface area contributed by atoms with Crippen LogP contribution in [0.4, 0.5) is 0 Å². The van der Waals surface area contributed by atoms with Crippen molar-refractivity contribution in [3.05, 3.63) is 15.8 Å². The highest BCUT2D eigenvalue weighted by atomic mass is 32.1. The Bertz CT molecular complexity index is 364. The molecular weight excluding hydrogens is 190 g/mol. The van der Waals surface area contributed by atoms with E-state index in [4.69, 9.17) is 15.1 Å². The van der Waals surface area contributed by atoms with Gasteiger partial charge in [-0.15, -0.1) is 11.3 Å². The second-order valence-electron chi connectivity index (χ2n) is 2.16. The molecule has 0 aliphatic heterocycles. The molecule has 0 fully saturated rings. The summed E-state index contributed by atoms with van der Waals surface area (Å²) in [6.07, 6.45) is 0. The molecule has 1 aromatic heterocycles. The SMILES string of the molecule is CCOC(=O)c1cc(O)c(C#N)s1. The Morgan fingerprint density at radius 3 is 3.00 bits per heavy atom. The minimum absolute atomic E-state index is 0.128. The maximum atomic E-state index is 11.1. The summed E-state index contributed by atoms with van der Waals surface area (Å²) in [6, 6.07) is 3.01. The summed E-state index contributed by atoms with van der Waals surface area (Å²) in [7, 11) is 0. The number of hydrogen-bond donors (Lipinski definition) is 1. The van der Waals surface area contributed by atoms with Crippen LogP contribution in [0.25, 0.3) is 0 Å². The fourth-order valence-electron chi connectivity index (χ4n) is 0.764. The lowest BCUT2D eigenvalue weighted by Gasteiger charge is -1.95. The topological polar surface area (TPSA) is 70.3 Å². The smallest absolute Gasteiger partial charge is 0.348 e. The molecule has 4 nitrogen and oxygen atoms in total. The first kappa shape index (κ1) is 9.55. The molecule has 5 heteroatoms. The number of hydrogen-bond acceptors (Lipinski definition) is 5. The van der Waals surface area contributed by atoms with Crippen LogP contribution in [-0.2, 0) is 4.74 Å². The van der Waals surface area contributed by atoms with Crippen LogP contribution >= 0.6 is 11.3 Å². The van der Waals surface area contributed by atoms with Gasteiger partial charge >= 0.3 is 5.97 Å². The van der Waals surface area contributed by atoms with Crippen molar-refractivity contribution in [1.82, 2.24) is 0 Å². The number of thiophene rings is 1. The highest BCUT2D eigenvalue weighted by Gasteiger charge is 2.14. The average molecular weight is 197 g/mol. The molecule has 13 heavy (non-hydrogen) atoms. The maximum Gasteiger partial charge on any atom is 0.348 e. The molecule has 0 aliphatic rings. The second kappa shape index (κ2) is 3.92. The first-order chi connectivity index (χ1) is 6.19. The van der Waals surface area contributed by atoms with Crippen LogP contribution in [0.15, 0.2) is 6.07 Å². The Morgan fingerprint density at radius 2 is 2.54 bits per heavy atom. The van der Waals surface area contributed by atoms with Gasteiger partial charge in [0.15, 0.2) is 0 Å². The normalized spacial score (nSPS) is 9.23. The largest absolute Gasteiger partial charge is 0.506 e. The van der Waals surface area contributed by atoms with Crippen molar-refractivity contribution in [3.8, 4) is 11.8 Å². The number of carbonyl (C=O) groups is 1. The number of ether oxygens (including phenoxy) is 1. The first-order valence-electron chi connectivity index (χ1n) is 3.59. The van der Waals surface area contributed by atoms with Crippen LogP contribution in [0, 0.1) is 11.3 Å². The quantitative estimate of drug-likeness (QED) is 0.729. The van der Waals surface area contributed by atoms with Crippen molar-refractivity contribution in [2.24, 2.45) is 0 Å². The minimum Gasteiger partial charge on any atom is -0.506 e. The zero-order valence-electron chi connectivity index (χ0n) is 6.90. The van der Waals surface area contributed by atoms with Crippen LogP contribution in [0.5, 0.6) is 5.75 Å². The van der Waals surface area contributed by atoms with Crippen molar-refractivity contribution < 1.29 is 14.6 Å². The molecule has 1 aromatic rings. The van der Waals surface area contributed by atoms with E-state index in [1.807, 2.05) is 0 Å². The molecule has 0 unspecified atom stereocenters. The summed E-state index contributed by atoms with van der Waals surface area (Å²) in [5, 5.41) is 17.6. The van der Waals surface area contributed by atoms with E-state index >= 15 is 0 Å². The monoisotopic (exact) mass is 197 g/mol. The zero-order valence-corrected chi connectivity index (χ0v) is 7.72. The van der Waals surface area contributed by atoms with Crippen molar-refractivity contribution in [3.63, 3.8) is 0 Å². The van der Waals surface area contributed by atoms with E-state index in [1.165, 1.54) is 6.07 Å². The fourth-order valence-corrected chi connectivity index (χ4v) is 1.51. The van der Waals surface area contributed by atoms with Crippen molar-refractivity contribution in [1.29, 1.82) is 5.26 Å². The fraction of sp³-hybridized carbons (Fsp3) is 0.250. The third kappa shape index (κ3) is 1.98. The molecule has 0 atom stereocenters. The van der Waals surface area contributed by atoms with Gasteiger partial charge in [0, 0.05) is 6.07 Å². The van der Waals surface area contributed by atoms with Crippen LogP contribution in [-0.4, -0.2) is 17.7 Å². The van der Waals surface area contributed by atoms with Crippen molar-refractivity contribution >= 4 is 17.3 Å². The Balaban J connectivity index is 2.92. The first-order valence-corrected chi connectivity index (χ1v) is 4.40. The highest BCUT2D eigenvalue weighted by Crippen LogP contribution is 2.27. The van der Waals surface area contributed by atoms with E-state index in [0.29, 0.717) is 0 Å². The van der Waals surface area contributed by atoms with Crippen LogP contribution < -0.4 is 0 Å². The molecule has 0 bridgehead atoms. The number of rotatable bonds is 2. The van der Waals surface area contributed by atoms with E-state index in [1.54, 1.807) is 13.0 Å². The molecule has 0 aliphatic carbocycles. The third-order valence-electron chi connectivity index (χ3n) is 1.29. The standard InChI is InChI=1S/C8H7NO3S/c1-2-12-8(11)6-3-5(10)7(4-9)13-6/h3,10H,2H2,1H3. The van der Waals surface area contributed by atoms with E-state index in [0.717, 1.165) is 11.3 Å². The predicted octanol–water partition coefficient (Wildman–Crippen LogP) is 1.50. The average Bonchev–Trinajstić information content (AvgIpc) is 2.47. The molecule has 0 amide bonds. The molecule has 0 saturated heterocycles. The molecule has 68 valence electrons. The van der Waals surface area contributed by atoms with E-state index < -0.39 is 5.97 Å². The lowest BCUT2D eigenvalue weighted by atomic mass is 10.4. The van der Waals surface area contributed by atoms with Gasteiger partial charge in [0.1, 0.15) is 21.6 Å².